The molecule has 1 N–H and O–H groups in total. The van der Waals surface area contributed by atoms with E-state index in [0.29, 0.717) is 0 Å². The molecule has 0 unspecified atom stereocenters. The van der Waals surface area contributed by atoms with Gasteiger partial charge in [-0.25, -0.2) is 0 Å². The van der Waals surface area contributed by atoms with Gasteiger partial charge in [0.1, 0.15) is 0 Å². The van der Waals surface area contributed by atoms with Crippen molar-refractivity contribution in [2.45, 2.75) is 45.1 Å². The summed E-state index contributed by atoms with van der Waals surface area (Å²) in [5.74, 6) is 1.02. The smallest absolute Gasteiger partial charge is 0.0195 e. The first-order chi connectivity index (χ1) is 6.88. The van der Waals surface area contributed by atoms with Crippen molar-refractivity contribution >= 4 is 0 Å². The van der Waals surface area contributed by atoms with Gasteiger partial charge in [-0.1, -0.05) is 13.3 Å². The molecule has 2 heteroatoms. The summed E-state index contributed by atoms with van der Waals surface area (Å²) in [6.45, 7) is 7.41. The lowest BCUT2D eigenvalue weighted by Crippen LogP contribution is -2.40. The van der Waals surface area contributed by atoms with E-state index in [2.05, 4.69) is 17.1 Å². The Bertz CT molecular complexity index is 160. The third-order valence-electron chi connectivity index (χ3n) is 3.83. The van der Waals surface area contributed by atoms with Crippen LogP contribution in [0.3, 0.4) is 0 Å². The topological polar surface area (TPSA) is 15.3 Å². The Morgan fingerprint density at radius 3 is 2.50 bits per heavy atom. The predicted molar refractivity (Wildman–Crippen MR) is 60.5 cm³/mol. The summed E-state index contributed by atoms with van der Waals surface area (Å²) in [5.41, 5.74) is 0. The van der Waals surface area contributed by atoms with Gasteiger partial charge in [0.05, 0.1) is 0 Å². The van der Waals surface area contributed by atoms with Gasteiger partial charge < -0.3 is 10.2 Å². The molecule has 0 spiro atoms. The maximum Gasteiger partial charge on any atom is 0.0195 e. The first kappa shape index (κ1) is 10.4. The number of likely N-dealkylation sites (N-methyl/N-ethyl adjacent to an activating group) is 1. The minimum Gasteiger partial charge on any atom is -0.313 e. The zero-order valence-electron chi connectivity index (χ0n) is 9.47. The second-order valence-corrected chi connectivity index (χ2v) is 4.94. The highest BCUT2D eigenvalue weighted by Gasteiger charge is 2.22. The Morgan fingerprint density at radius 1 is 1.14 bits per heavy atom. The molecule has 2 rings (SSSR count). The van der Waals surface area contributed by atoms with Crippen LogP contribution in [0.4, 0.5) is 0 Å². The van der Waals surface area contributed by atoms with Crippen molar-refractivity contribution in [1.29, 1.82) is 0 Å². The highest BCUT2D eigenvalue weighted by molar-refractivity contribution is 4.80. The van der Waals surface area contributed by atoms with Gasteiger partial charge in [0.15, 0.2) is 0 Å². The van der Waals surface area contributed by atoms with E-state index in [4.69, 9.17) is 0 Å². The number of hydrogen-bond donors (Lipinski definition) is 1. The summed E-state index contributed by atoms with van der Waals surface area (Å²) in [5, 5.41) is 3.59. The van der Waals surface area contributed by atoms with E-state index in [-0.39, 0.29) is 0 Å². The molecule has 2 nitrogen and oxygen atoms in total. The lowest BCUT2D eigenvalue weighted by Gasteiger charge is -2.33. The predicted octanol–water partition coefficient (Wildman–Crippen LogP) is 1.86. The minimum absolute atomic E-state index is 0.787. The Morgan fingerprint density at radius 2 is 2.00 bits per heavy atom. The van der Waals surface area contributed by atoms with Crippen LogP contribution in [0.15, 0.2) is 0 Å². The number of rotatable bonds is 5. The summed E-state index contributed by atoms with van der Waals surface area (Å²) in [7, 11) is 0. The lowest BCUT2D eigenvalue weighted by atomic mass is 9.85. The highest BCUT2D eigenvalue weighted by Crippen LogP contribution is 2.27. The monoisotopic (exact) mass is 196 g/mol. The van der Waals surface area contributed by atoms with Crippen LogP contribution in [0.2, 0.25) is 0 Å². The molecular formula is C12H24N2. The fourth-order valence-electron chi connectivity index (χ4n) is 2.60. The zero-order chi connectivity index (χ0) is 9.80. The fourth-order valence-corrected chi connectivity index (χ4v) is 2.60. The highest BCUT2D eigenvalue weighted by atomic mass is 15.2. The van der Waals surface area contributed by atoms with Crippen LogP contribution in [0.25, 0.3) is 0 Å². The first-order valence-electron chi connectivity index (χ1n) is 6.34. The van der Waals surface area contributed by atoms with Crippen molar-refractivity contribution < 1.29 is 0 Å². The maximum atomic E-state index is 3.59. The van der Waals surface area contributed by atoms with Gasteiger partial charge in [-0.05, 0) is 44.7 Å². The largest absolute Gasteiger partial charge is 0.313 e. The standard InChI is InChI=1S/C12H24N2/c1-2-14(9-11-5-3-6-11)10-12-7-4-8-13-12/h11-13H,2-10H2,1H3/t12-/m1/s1. The molecule has 0 aromatic rings. The Kier molecular flexibility index (Phi) is 3.82. The van der Waals surface area contributed by atoms with E-state index in [1.165, 1.54) is 58.3 Å². The molecule has 1 saturated heterocycles. The van der Waals surface area contributed by atoms with Crippen molar-refractivity contribution in [3.8, 4) is 0 Å². The maximum absolute atomic E-state index is 3.59. The van der Waals surface area contributed by atoms with E-state index >= 15 is 0 Å². The summed E-state index contributed by atoms with van der Waals surface area (Å²) < 4.78 is 0. The van der Waals surface area contributed by atoms with Crippen LogP contribution in [-0.2, 0) is 0 Å². The van der Waals surface area contributed by atoms with Crippen molar-refractivity contribution in [2.75, 3.05) is 26.2 Å². The van der Waals surface area contributed by atoms with Gasteiger partial charge in [0.2, 0.25) is 0 Å². The molecule has 0 aromatic carbocycles. The molecule has 1 aliphatic carbocycles. The molecule has 1 heterocycles. The van der Waals surface area contributed by atoms with Crippen LogP contribution < -0.4 is 5.32 Å². The lowest BCUT2D eigenvalue weighted by molar-refractivity contribution is 0.173. The van der Waals surface area contributed by atoms with Gasteiger partial charge in [-0.15, -0.1) is 0 Å². The Hall–Kier alpha value is -0.0800. The zero-order valence-corrected chi connectivity index (χ0v) is 9.47. The third-order valence-corrected chi connectivity index (χ3v) is 3.83. The molecule has 0 amide bonds. The quantitative estimate of drug-likeness (QED) is 0.722. The van der Waals surface area contributed by atoms with Crippen LogP contribution in [0.1, 0.15) is 39.0 Å². The number of hydrogen-bond acceptors (Lipinski definition) is 2. The molecule has 0 bridgehead atoms. The number of nitrogens with one attached hydrogen (secondary N) is 1. The van der Waals surface area contributed by atoms with Gasteiger partial charge in [-0.2, -0.15) is 0 Å². The molecule has 1 saturated carbocycles. The second-order valence-electron chi connectivity index (χ2n) is 4.94. The molecule has 0 aromatic heterocycles. The molecule has 1 aliphatic heterocycles. The van der Waals surface area contributed by atoms with E-state index in [1.807, 2.05) is 0 Å². The average Bonchev–Trinajstić information content (AvgIpc) is 2.61. The van der Waals surface area contributed by atoms with Crippen molar-refractivity contribution in [1.82, 2.24) is 10.2 Å². The summed E-state index contributed by atoms with van der Waals surface area (Å²) >= 11 is 0. The van der Waals surface area contributed by atoms with E-state index in [0.717, 1.165) is 12.0 Å². The minimum atomic E-state index is 0.787. The summed E-state index contributed by atoms with van der Waals surface area (Å²) in [6.07, 6.45) is 7.21. The molecule has 0 radical (unpaired) electrons. The Balaban J connectivity index is 1.68. The Labute approximate surface area is 88.1 Å². The molecule has 14 heavy (non-hydrogen) atoms. The van der Waals surface area contributed by atoms with Gasteiger partial charge in [-0.3, -0.25) is 0 Å². The van der Waals surface area contributed by atoms with Crippen LogP contribution in [0.5, 0.6) is 0 Å². The van der Waals surface area contributed by atoms with Crippen LogP contribution in [0, 0.1) is 5.92 Å². The molecular weight excluding hydrogens is 172 g/mol. The van der Waals surface area contributed by atoms with E-state index in [1.54, 1.807) is 0 Å². The van der Waals surface area contributed by atoms with Crippen LogP contribution >= 0.6 is 0 Å². The summed E-state index contributed by atoms with van der Waals surface area (Å²) in [6, 6.07) is 0.787. The average molecular weight is 196 g/mol. The SMILES string of the molecule is CCN(CC1CCC1)C[C@H]1CCCN1. The van der Waals surface area contributed by atoms with Gasteiger partial charge >= 0.3 is 0 Å². The second kappa shape index (κ2) is 5.13. The summed E-state index contributed by atoms with van der Waals surface area (Å²) in [4.78, 5) is 2.65. The van der Waals surface area contributed by atoms with Crippen LogP contribution in [-0.4, -0.2) is 37.1 Å². The van der Waals surface area contributed by atoms with E-state index in [9.17, 15) is 0 Å². The number of nitrogens with zero attached hydrogens (tertiary/aromatic N) is 1. The van der Waals surface area contributed by atoms with E-state index < -0.39 is 0 Å². The fraction of sp³-hybridized carbons (Fsp3) is 1.00. The first-order valence-corrected chi connectivity index (χ1v) is 6.34. The van der Waals surface area contributed by atoms with Crippen molar-refractivity contribution in [3.05, 3.63) is 0 Å². The van der Waals surface area contributed by atoms with Gasteiger partial charge in [0, 0.05) is 19.1 Å². The molecule has 2 fully saturated rings. The van der Waals surface area contributed by atoms with Crippen molar-refractivity contribution in [3.63, 3.8) is 0 Å². The molecule has 2 aliphatic rings. The third kappa shape index (κ3) is 2.71. The van der Waals surface area contributed by atoms with Gasteiger partial charge in [0.25, 0.3) is 0 Å². The molecule has 82 valence electrons. The van der Waals surface area contributed by atoms with Crippen molar-refractivity contribution in [2.24, 2.45) is 5.92 Å². The normalized spacial score (nSPS) is 28.3. The molecule has 1 atom stereocenters.